The molecular weight excluding hydrogens is 308 g/mol. The van der Waals surface area contributed by atoms with E-state index in [4.69, 9.17) is 11.6 Å². The first-order chi connectivity index (χ1) is 11.2. The van der Waals surface area contributed by atoms with Crippen LogP contribution >= 0.6 is 11.6 Å². The Morgan fingerprint density at radius 1 is 1.13 bits per heavy atom. The first-order valence-corrected chi connectivity index (χ1v) is 8.52. The van der Waals surface area contributed by atoms with Gasteiger partial charge in [0, 0.05) is 41.4 Å². The predicted octanol–water partition coefficient (Wildman–Crippen LogP) is 4.19. The summed E-state index contributed by atoms with van der Waals surface area (Å²) < 4.78 is 0. The highest BCUT2D eigenvalue weighted by atomic mass is 35.5. The zero-order valence-electron chi connectivity index (χ0n) is 13.1. The summed E-state index contributed by atoms with van der Waals surface area (Å²) in [5.74, 6) is 0.743. The molecule has 0 aliphatic carbocycles. The molecule has 2 aromatic rings. The highest BCUT2D eigenvalue weighted by molar-refractivity contribution is 6.30. The van der Waals surface area contributed by atoms with E-state index in [1.807, 2.05) is 12.3 Å². The second-order valence-corrected chi connectivity index (χ2v) is 6.49. The molecule has 2 heterocycles. The van der Waals surface area contributed by atoms with E-state index in [0.29, 0.717) is 17.4 Å². The van der Waals surface area contributed by atoms with Crippen molar-refractivity contribution in [1.82, 2.24) is 9.88 Å². The maximum Gasteiger partial charge on any atom is 0.164 e. The molecule has 0 amide bonds. The molecule has 120 valence electrons. The monoisotopic (exact) mass is 328 g/mol. The van der Waals surface area contributed by atoms with Gasteiger partial charge in [0.05, 0.1) is 0 Å². The smallest absolute Gasteiger partial charge is 0.164 e. The fourth-order valence-electron chi connectivity index (χ4n) is 3.11. The number of halogens is 1. The fraction of sp³-hybridized carbons (Fsp3) is 0.368. The number of hydrogen-bond acceptors (Lipinski definition) is 3. The quantitative estimate of drug-likeness (QED) is 0.772. The lowest BCUT2D eigenvalue weighted by molar-refractivity contribution is 0.0956. The molecule has 1 aliphatic heterocycles. The van der Waals surface area contributed by atoms with E-state index in [9.17, 15) is 4.79 Å². The third-order valence-electron chi connectivity index (χ3n) is 4.51. The van der Waals surface area contributed by atoms with Gasteiger partial charge in [0.25, 0.3) is 0 Å². The number of ketones is 1. The van der Waals surface area contributed by atoms with Crippen LogP contribution in [0.15, 0.2) is 48.7 Å². The molecule has 4 heteroatoms. The topological polar surface area (TPSA) is 33.2 Å². The summed E-state index contributed by atoms with van der Waals surface area (Å²) in [6, 6.07) is 13.3. The molecule has 0 radical (unpaired) electrons. The summed E-state index contributed by atoms with van der Waals surface area (Å²) in [4.78, 5) is 19.1. The van der Waals surface area contributed by atoms with E-state index in [0.717, 1.165) is 38.0 Å². The molecule has 0 saturated carbocycles. The zero-order chi connectivity index (χ0) is 16.1. The maximum absolute atomic E-state index is 12.2. The van der Waals surface area contributed by atoms with Crippen molar-refractivity contribution >= 4 is 17.4 Å². The van der Waals surface area contributed by atoms with E-state index in [-0.39, 0.29) is 5.78 Å². The molecule has 0 bridgehead atoms. The lowest BCUT2D eigenvalue weighted by Crippen LogP contribution is -2.34. The minimum absolute atomic E-state index is 0.188. The summed E-state index contributed by atoms with van der Waals surface area (Å²) in [5.41, 5.74) is 1.95. The first kappa shape index (κ1) is 16.2. The molecule has 1 fully saturated rings. The summed E-state index contributed by atoms with van der Waals surface area (Å²) in [6.45, 7) is 2.90. The van der Waals surface area contributed by atoms with Crippen LogP contribution in [0.5, 0.6) is 0 Å². The lowest BCUT2D eigenvalue weighted by Gasteiger charge is -2.31. The summed E-state index contributed by atoms with van der Waals surface area (Å²) in [5, 5.41) is 0.665. The van der Waals surface area contributed by atoms with Gasteiger partial charge >= 0.3 is 0 Å². The van der Waals surface area contributed by atoms with Gasteiger partial charge in [-0.3, -0.25) is 9.78 Å². The van der Waals surface area contributed by atoms with Gasteiger partial charge in [0.1, 0.15) is 0 Å². The van der Waals surface area contributed by atoms with Crippen LogP contribution in [0.1, 0.15) is 41.2 Å². The Morgan fingerprint density at radius 3 is 2.52 bits per heavy atom. The maximum atomic E-state index is 12.2. The normalized spacial score (nSPS) is 16.4. The standard InChI is InChI=1S/C19H21ClN2O/c20-17-6-4-16(5-7-17)19(23)10-14-22-12-8-15(9-13-22)18-3-1-2-11-21-18/h1-7,11,15H,8-10,12-14H2. The van der Waals surface area contributed by atoms with Gasteiger partial charge in [-0.25, -0.2) is 0 Å². The Labute approximate surface area is 142 Å². The third-order valence-corrected chi connectivity index (χ3v) is 4.77. The first-order valence-electron chi connectivity index (χ1n) is 8.14. The number of rotatable bonds is 5. The molecule has 1 aromatic heterocycles. The van der Waals surface area contributed by atoms with E-state index in [2.05, 4.69) is 22.0 Å². The number of piperidine rings is 1. The number of carbonyl (C=O) groups is 1. The van der Waals surface area contributed by atoms with E-state index >= 15 is 0 Å². The molecule has 23 heavy (non-hydrogen) atoms. The van der Waals surface area contributed by atoms with Crippen molar-refractivity contribution in [3.8, 4) is 0 Å². The summed E-state index contributed by atoms with van der Waals surface area (Å²) in [7, 11) is 0. The average molecular weight is 329 g/mol. The largest absolute Gasteiger partial charge is 0.303 e. The van der Waals surface area contributed by atoms with Crippen molar-refractivity contribution in [3.63, 3.8) is 0 Å². The second-order valence-electron chi connectivity index (χ2n) is 6.05. The SMILES string of the molecule is O=C(CCN1CCC(c2ccccn2)CC1)c1ccc(Cl)cc1. The molecular formula is C19H21ClN2O. The Hall–Kier alpha value is -1.71. The molecule has 3 rings (SSSR count). The highest BCUT2D eigenvalue weighted by Crippen LogP contribution is 2.26. The summed E-state index contributed by atoms with van der Waals surface area (Å²) in [6.07, 6.45) is 4.67. The van der Waals surface area contributed by atoms with E-state index < -0.39 is 0 Å². The van der Waals surface area contributed by atoms with Gasteiger partial charge < -0.3 is 4.90 Å². The van der Waals surface area contributed by atoms with Gasteiger partial charge in [-0.2, -0.15) is 0 Å². The molecule has 0 N–H and O–H groups in total. The van der Waals surface area contributed by atoms with Gasteiger partial charge in [-0.05, 0) is 62.3 Å². The van der Waals surface area contributed by atoms with E-state index in [1.54, 1.807) is 24.3 Å². The molecule has 1 saturated heterocycles. The third kappa shape index (κ3) is 4.40. The van der Waals surface area contributed by atoms with Crippen molar-refractivity contribution in [1.29, 1.82) is 0 Å². The van der Waals surface area contributed by atoms with Gasteiger partial charge in [-0.1, -0.05) is 17.7 Å². The Bertz CT molecular complexity index is 634. The average Bonchev–Trinajstić information content (AvgIpc) is 2.61. The molecule has 0 unspecified atom stereocenters. The number of nitrogens with zero attached hydrogens (tertiary/aromatic N) is 2. The minimum Gasteiger partial charge on any atom is -0.303 e. The number of hydrogen-bond donors (Lipinski definition) is 0. The summed E-state index contributed by atoms with van der Waals surface area (Å²) >= 11 is 5.85. The Kier molecular flexibility index (Phi) is 5.42. The fourth-order valence-corrected chi connectivity index (χ4v) is 3.24. The predicted molar refractivity (Wildman–Crippen MR) is 93.1 cm³/mol. The number of likely N-dealkylation sites (tertiary alicyclic amines) is 1. The van der Waals surface area contributed by atoms with Crippen LogP contribution in [0, 0.1) is 0 Å². The zero-order valence-corrected chi connectivity index (χ0v) is 13.9. The van der Waals surface area contributed by atoms with Crippen molar-refractivity contribution in [2.24, 2.45) is 0 Å². The molecule has 3 nitrogen and oxygen atoms in total. The van der Waals surface area contributed by atoms with Crippen molar-refractivity contribution in [2.75, 3.05) is 19.6 Å². The minimum atomic E-state index is 0.188. The number of aromatic nitrogens is 1. The van der Waals surface area contributed by atoms with Crippen molar-refractivity contribution in [3.05, 3.63) is 64.9 Å². The number of carbonyl (C=O) groups excluding carboxylic acids is 1. The second kappa shape index (κ2) is 7.71. The molecule has 0 atom stereocenters. The molecule has 1 aromatic carbocycles. The number of Topliss-reactive ketones (excluding diaryl/α,β-unsaturated/α-hetero) is 1. The highest BCUT2D eigenvalue weighted by Gasteiger charge is 2.21. The molecule has 0 spiro atoms. The number of pyridine rings is 1. The Balaban J connectivity index is 1.46. The van der Waals surface area contributed by atoms with E-state index in [1.165, 1.54) is 5.69 Å². The Morgan fingerprint density at radius 2 is 1.87 bits per heavy atom. The van der Waals surface area contributed by atoms with Crippen LogP contribution in [0.3, 0.4) is 0 Å². The van der Waals surface area contributed by atoms with Crippen molar-refractivity contribution in [2.45, 2.75) is 25.2 Å². The van der Waals surface area contributed by atoms with Crippen molar-refractivity contribution < 1.29 is 4.79 Å². The van der Waals surface area contributed by atoms with Crippen LogP contribution < -0.4 is 0 Å². The van der Waals surface area contributed by atoms with Gasteiger partial charge in [-0.15, -0.1) is 0 Å². The van der Waals surface area contributed by atoms with Crippen LogP contribution in [0.25, 0.3) is 0 Å². The van der Waals surface area contributed by atoms with Crippen LogP contribution in [0.4, 0.5) is 0 Å². The van der Waals surface area contributed by atoms with Gasteiger partial charge in [0.2, 0.25) is 0 Å². The molecule has 1 aliphatic rings. The van der Waals surface area contributed by atoms with Crippen LogP contribution in [-0.4, -0.2) is 35.3 Å². The number of benzene rings is 1. The van der Waals surface area contributed by atoms with Crippen LogP contribution in [-0.2, 0) is 0 Å². The van der Waals surface area contributed by atoms with Crippen LogP contribution in [0.2, 0.25) is 5.02 Å². The van der Waals surface area contributed by atoms with Gasteiger partial charge in [0.15, 0.2) is 5.78 Å². The lowest BCUT2D eigenvalue weighted by atomic mass is 9.93.